The molecular weight excluding hydrogens is 328 g/mol. The Morgan fingerprint density at radius 1 is 1.19 bits per heavy atom. The van der Waals surface area contributed by atoms with Crippen LogP contribution in [-0.4, -0.2) is 44.3 Å². The van der Waals surface area contributed by atoms with E-state index >= 15 is 0 Å². The average Bonchev–Trinajstić information content (AvgIpc) is 3.19. The third-order valence-electron chi connectivity index (χ3n) is 5.24. The number of ether oxygens (including phenoxy) is 1. The highest BCUT2D eigenvalue weighted by molar-refractivity contribution is 5.92. The second-order valence-corrected chi connectivity index (χ2v) is 7.02. The van der Waals surface area contributed by atoms with Crippen molar-refractivity contribution < 1.29 is 9.53 Å². The predicted molar refractivity (Wildman–Crippen MR) is 100 cm³/mol. The Morgan fingerprint density at radius 3 is 2.65 bits per heavy atom. The number of amides is 1. The van der Waals surface area contributed by atoms with E-state index in [-0.39, 0.29) is 12.0 Å². The van der Waals surface area contributed by atoms with Gasteiger partial charge in [-0.2, -0.15) is 5.10 Å². The first-order chi connectivity index (χ1) is 12.5. The Morgan fingerprint density at radius 2 is 1.96 bits per heavy atom. The topological polar surface area (TPSA) is 52.3 Å². The van der Waals surface area contributed by atoms with Gasteiger partial charge < -0.3 is 14.2 Å². The van der Waals surface area contributed by atoms with Crippen molar-refractivity contribution in [1.29, 1.82) is 0 Å². The molecule has 2 aromatic heterocycles. The minimum absolute atomic E-state index is 0.0114. The Labute approximate surface area is 153 Å². The molecule has 6 heteroatoms. The van der Waals surface area contributed by atoms with E-state index in [4.69, 9.17) is 4.74 Å². The van der Waals surface area contributed by atoms with Gasteiger partial charge >= 0.3 is 0 Å². The molecule has 0 aliphatic carbocycles. The van der Waals surface area contributed by atoms with Crippen LogP contribution in [0, 0.1) is 6.92 Å². The molecular formula is C20H24N4O2. The van der Waals surface area contributed by atoms with Crippen molar-refractivity contribution in [3.8, 4) is 5.75 Å². The molecule has 0 saturated carbocycles. The van der Waals surface area contributed by atoms with Gasteiger partial charge in [0.25, 0.3) is 5.91 Å². The number of carbonyl (C=O) groups is 1. The fourth-order valence-corrected chi connectivity index (χ4v) is 3.56. The van der Waals surface area contributed by atoms with E-state index in [1.165, 1.54) is 5.52 Å². The monoisotopic (exact) mass is 352 g/mol. The van der Waals surface area contributed by atoms with Crippen molar-refractivity contribution in [3.63, 3.8) is 0 Å². The number of carbonyl (C=O) groups excluding carboxylic acids is 1. The summed E-state index contributed by atoms with van der Waals surface area (Å²) >= 11 is 0. The van der Waals surface area contributed by atoms with E-state index in [1.54, 1.807) is 4.68 Å². The predicted octanol–water partition coefficient (Wildman–Crippen LogP) is 2.90. The molecule has 1 saturated heterocycles. The van der Waals surface area contributed by atoms with Crippen LogP contribution in [0.15, 0.2) is 36.5 Å². The summed E-state index contributed by atoms with van der Waals surface area (Å²) in [5.74, 6) is 0.936. The van der Waals surface area contributed by atoms with Crippen LogP contribution in [-0.2, 0) is 14.1 Å². The van der Waals surface area contributed by atoms with Crippen LogP contribution in [0.3, 0.4) is 0 Å². The summed E-state index contributed by atoms with van der Waals surface area (Å²) < 4.78 is 10.1. The lowest BCUT2D eigenvalue weighted by atomic mass is 10.1. The van der Waals surface area contributed by atoms with Crippen molar-refractivity contribution in [2.75, 3.05) is 13.1 Å². The zero-order valence-corrected chi connectivity index (χ0v) is 15.5. The number of nitrogens with zero attached hydrogens (tertiary/aromatic N) is 4. The number of rotatable bonds is 3. The Bertz CT molecular complexity index is 929. The Balaban J connectivity index is 1.41. The van der Waals surface area contributed by atoms with Crippen LogP contribution < -0.4 is 4.74 Å². The number of likely N-dealkylation sites (tertiary alicyclic amines) is 1. The van der Waals surface area contributed by atoms with Gasteiger partial charge in [-0.1, -0.05) is 6.07 Å². The second-order valence-electron chi connectivity index (χ2n) is 7.02. The number of fused-ring (bicyclic) bond motifs is 1. The largest absolute Gasteiger partial charge is 0.490 e. The van der Waals surface area contributed by atoms with Gasteiger partial charge in [-0.05, 0) is 31.2 Å². The lowest BCUT2D eigenvalue weighted by Gasteiger charge is -2.32. The summed E-state index contributed by atoms with van der Waals surface area (Å²) in [5.41, 5.74) is 2.68. The van der Waals surface area contributed by atoms with Crippen LogP contribution in [0.1, 0.15) is 29.0 Å². The molecule has 1 fully saturated rings. The van der Waals surface area contributed by atoms with Gasteiger partial charge in [0.15, 0.2) is 5.69 Å². The second kappa shape index (κ2) is 6.52. The van der Waals surface area contributed by atoms with Crippen molar-refractivity contribution >= 4 is 16.8 Å². The number of benzene rings is 1. The third kappa shape index (κ3) is 2.96. The summed E-state index contributed by atoms with van der Waals surface area (Å²) in [6.45, 7) is 3.35. The van der Waals surface area contributed by atoms with Gasteiger partial charge in [-0.15, -0.1) is 0 Å². The summed E-state index contributed by atoms with van der Waals surface area (Å²) in [6, 6.07) is 10.1. The molecule has 3 heterocycles. The number of aryl methyl sites for hydroxylation is 3. The van der Waals surface area contributed by atoms with Gasteiger partial charge in [-0.25, -0.2) is 0 Å². The van der Waals surface area contributed by atoms with E-state index in [0.717, 1.165) is 29.7 Å². The van der Waals surface area contributed by atoms with Gasteiger partial charge in [0.2, 0.25) is 0 Å². The molecule has 136 valence electrons. The molecule has 0 atom stereocenters. The first-order valence-corrected chi connectivity index (χ1v) is 9.03. The van der Waals surface area contributed by atoms with Crippen molar-refractivity contribution in [2.45, 2.75) is 25.9 Å². The maximum absolute atomic E-state index is 12.6. The molecule has 0 unspecified atom stereocenters. The highest BCUT2D eigenvalue weighted by Crippen LogP contribution is 2.28. The lowest BCUT2D eigenvalue weighted by molar-refractivity contribution is 0.0592. The standard InChI is InChI=1S/C20H24N4O2/c1-14-13-17(21-23(14)3)20(25)24-11-7-15(8-12-24)26-19-6-4-5-18-16(19)9-10-22(18)2/h4-6,9-10,13,15H,7-8,11-12H2,1-3H3. The molecule has 0 N–H and O–H groups in total. The molecule has 0 bridgehead atoms. The average molecular weight is 352 g/mol. The fourth-order valence-electron chi connectivity index (χ4n) is 3.56. The third-order valence-corrected chi connectivity index (χ3v) is 5.24. The van der Waals surface area contributed by atoms with E-state index in [0.29, 0.717) is 18.8 Å². The van der Waals surface area contributed by atoms with Gasteiger partial charge in [-0.3, -0.25) is 9.48 Å². The zero-order chi connectivity index (χ0) is 18.3. The van der Waals surface area contributed by atoms with Crippen molar-refractivity contribution in [1.82, 2.24) is 19.2 Å². The van der Waals surface area contributed by atoms with E-state index in [9.17, 15) is 4.79 Å². The molecule has 26 heavy (non-hydrogen) atoms. The quantitative estimate of drug-likeness (QED) is 0.728. The number of hydrogen-bond acceptors (Lipinski definition) is 3. The molecule has 1 amide bonds. The van der Waals surface area contributed by atoms with Gasteiger partial charge in [0, 0.05) is 57.3 Å². The smallest absolute Gasteiger partial charge is 0.274 e. The Hall–Kier alpha value is -2.76. The number of aromatic nitrogens is 3. The van der Waals surface area contributed by atoms with Crippen LogP contribution in [0.2, 0.25) is 0 Å². The van der Waals surface area contributed by atoms with E-state index in [2.05, 4.69) is 21.8 Å². The molecule has 0 radical (unpaired) electrons. The fraction of sp³-hybridized carbons (Fsp3) is 0.400. The molecule has 0 spiro atoms. The SMILES string of the molecule is Cc1cc(C(=O)N2CCC(Oc3cccc4c3ccn4C)CC2)nn1C. The minimum atomic E-state index is 0.0114. The van der Waals surface area contributed by atoms with Crippen LogP contribution in [0.5, 0.6) is 5.75 Å². The molecule has 1 aromatic carbocycles. The highest BCUT2D eigenvalue weighted by atomic mass is 16.5. The normalized spacial score (nSPS) is 15.6. The minimum Gasteiger partial charge on any atom is -0.490 e. The van der Waals surface area contributed by atoms with Crippen LogP contribution in [0.4, 0.5) is 0 Å². The van der Waals surface area contributed by atoms with Gasteiger partial charge in [0.1, 0.15) is 11.9 Å². The first kappa shape index (κ1) is 16.7. The van der Waals surface area contributed by atoms with E-state index in [1.807, 2.05) is 50.3 Å². The number of piperidine rings is 1. The summed E-state index contributed by atoms with van der Waals surface area (Å²) in [7, 11) is 3.89. The summed E-state index contributed by atoms with van der Waals surface area (Å²) in [6.07, 6.45) is 3.85. The van der Waals surface area contributed by atoms with Crippen LogP contribution in [0.25, 0.3) is 10.9 Å². The maximum Gasteiger partial charge on any atom is 0.274 e. The molecule has 3 aromatic rings. The van der Waals surface area contributed by atoms with Crippen molar-refractivity contribution in [2.24, 2.45) is 14.1 Å². The summed E-state index contributed by atoms with van der Waals surface area (Å²) in [5, 5.41) is 5.44. The Kier molecular flexibility index (Phi) is 4.18. The summed E-state index contributed by atoms with van der Waals surface area (Å²) in [4.78, 5) is 14.5. The zero-order valence-electron chi connectivity index (χ0n) is 15.5. The van der Waals surface area contributed by atoms with Gasteiger partial charge in [0.05, 0.1) is 5.52 Å². The molecule has 6 nitrogen and oxygen atoms in total. The van der Waals surface area contributed by atoms with Crippen molar-refractivity contribution in [3.05, 3.63) is 47.9 Å². The van der Waals surface area contributed by atoms with Crippen LogP contribution >= 0.6 is 0 Å². The number of hydrogen-bond donors (Lipinski definition) is 0. The highest BCUT2D eigenvalue weighted by Gasteiger charge is 2.26. The maximum atomic E-state index is 12.6. The first-order valence-electron chi connectivity index (χ1n) is 9.03. The van der Waals surface area contributed by atoms with E-state index < -0.39 is 0 Å². The molecule has 1 aliphatic heterocycles. The molecule has 1 aliphatic rings. The molecule has 4 rings (SSSR count). The lowest BCUT2D eigenvalue weighted by Crippen LogP contribution is -2.42.